The van der Waals surface area contributed by atoms with Crippen LogP contribution in [0.5, 0.6) is 5.75 Å². The largest absolute Gasteiger partial charge is 0.507 e. The highest BCUT2D eigenvalue weighted by Gasteiger charge is 2.34. The molecule has 0 unspecified atom stereocenters. The van der Waals surface area contributed by atoms with E-state index in [4.69, 9.17) is 0 Å². The molecular formula is C17H12INO3S. The van der Waals surface area contributed by atoms with Crippen molar-refractivity contribution in [3.8, 4) is 5.75 Å². The lowest BCUT2D eigenvalue weighted by Crippen LogP contribution is -2.27. The smallest absolute Gasteiger partial charge is 0.293 e. The molecule has 0 aliphatic carbocycles. The number of rotatable bonds is 3. The highest BCUT2D eigenvalue weighted by Crippen LogP contribution is 2.33. The van der Waals surface area contributed by atoms with Crippen molar-refractivity contribution in [1.82, 2.24) is 4.90 Å². The first-order chi connectivity index (χ1) is 11.0. The monoisotopic (exact) mass is 437 g/mol. The summed E-state index contributed by atoms with van der Waals surface area (Å²) < 4.78 is 0.694. The molecule has 1 saturated heterocycles. The van der Waals surface area contributed by atoms with Crippen LogP contribution in [0.1, 0.15) is 11.1 Å². The van der Waals surface area contributed by atoms with Crippen LogP contribution in [-0.4, -0.2) is 21.2 Å². The first-order valence-corrected chi connectivity index (χ1v) is 8.72. The first-order valence-electron chi connectivity index (χ1n) is 6.82. The van der Waals surface area contributed by atoms with Gasteiger partial charge in [-0.2, -0.15) is 0 Å². The number of thioether (sulfide) groups is 1. The summed E-state index contributed by atoms with van der Waals surface area (Å²) in [5.74, 6) is -0.0909. The van der Waals surface area contributed by atoms with Gasteiger partial charge in [0.1, 0.15) is 5.75 Å². The van der Waals surface area contributed by atoms with Gasteiger partial charge in [-0.3, -0.25) is 14.5 Å². The molecule has 23 heavy (non-hydrogen) atoms. The van der Waals surface area contributed by atoms with E-state index in [2.05, 4.69) is 0 Å². The predicted molar refractivity (Wildman–Crippen MR) is 98.8 cm³/mol. The Labute approximate surface area is 151 Å². The number of hydrogen-bond acceptors (Lipinski definition) is 4. The average Bonchev–Trinajstić information content (AvgIpc) is 2.80. The van der Waals surface area contributed by atoms with Crippen LogP contribution in [0.15, 0.2) is 53.4 Å². The normalized spacial score (nSPS) is 16.4. The molecule has 0 bridgehead atoms. The number of phenolic OH excluding ortho intramolecular Hbond substituents is 1. The van der Waals surface area contributed by atoms with Crippen molar-refractivity contribution in [3.63, 3.8) is 0 Å². The Morgan fingerprint density at radius 1 is 1.13 bits per heavy atom. The summed E-state index contributed by atoms with van der Waals surface area (Å²) >= 11 is 2.96. The van der Waals surface area contributed by atoms with E-state index in [1.165, 1.54) is 4.90 Å². The first kappa shape index (κ1) is 16.1. The van der Waals surface area contributed by atoms with Crippen molar-refractivity contribution in [2.24, 2.45) is 0 Å². The molecule has 2 amide bonds. The third kappa shape index (κ3) is 3.59. The highest BCUT2D eigenvalue weighted by molar-refractivity contribution is 14.1. The van der Waals surface area contributed by atoms with Gasteiger partial charge in [0.2, 0.25) is 0 Å². The second-order valence-electron chi connectivity index (χ2n) is 4.96. The number of phenols is 1. The van der Waals surface area contributed by atoms with Gasteiger partial charge in [-0.15, -0.1) is 0 Å². The molecule has 3 rings (SSSR count). The molecule has 0 spiro atoms. The van der Waals surface area contributed by atoms with Crippen LogP contribution in [0.25, 0.3) is 6.08 Å². The Balaban J connectivity index is 1.83. The average molecular weight is 437 g/mol. The number of carbonyl (C=O) groups excluding carboxylic acids is 2. The summed E-state index contributed by atoms with van der Waals surface area (Å²) in [5.41, 5.74) is 1.69. The van der Waals surface area contributed by atoms with E-state index < -0.39 is 0 Å². The topological polar surface area (TPSA) is 57.6 Å². The second kappa shape index (κ2) is 6.76. The lowest BCUT2D eigenvalue weighted by molar-refractivity contribution is -0.123. The van der Waals surface area contributed by atoms with E-state index in [-0.39, 0.29) is 23.4 Å². The van der Waals surface area contributed by atoms with Crippen molar-refractivity contribution in [3.05, 3.63) is 68.1 Å². The van der Waals surface area contributed by atoms with Gasteiger partial charge in [-0.05, 0) is 63.7 Å². The minimum absolute atomic E-state index is 0.194. The minimum atomic E-state index is -0.285. The van der Waals surface area contributed by atoms with E-state index in [1.807, 2.05) is 52.9 Å². The molecule has 6 heteroatoms. The molecule has 4 nitrogen and oxygen atoms in total. The van der Waals surface area contributed by atoms with E-state index >= 15 is 0 Å². The summed E-state index contributed by atoms with van der Waals surface area (Å²) in [4.78, 5) is 26.2. The molecule has 2 aromatic carbocycles. The van der Waals surface area contributed by atoms with Gasteiger partial charge < -0.3 is 5.11 Å². The third-order valence-corrected chi connectivity index (χ3v) is 5.10. The third-order valence-electron chi connectivity index (χ3n) is 3.33. The molecule has 0 aromatic heterocycles. The number of benzene rings is 2. The highest BCUT2D eigenvalue weighted by atomic mass is 127. The quantitative estimate of drug-likeness (QED) is 0.577. The van der Waals surface area contributed by atoms with Crippen LogP contribution >= 0.6 is 34.4 Å². The fourth-order valence-electron chi connectivity index (χ4n) is 2.17. The number of aromatic hydroxyl groups is 1. The number of hydrogen-bond donors (Lipinski definition) is 1. The Morgan fingerprint density at radius 3 is 2.57 bits per heavy atom. The standard InChI is InChI=1S/C17H12INO3S/c18-13-8-12(6-7-14(13)20)9-15-16(21)19(17(22)23-15)10-11-4-2-1-3-5-11/h1-9,20H,10H2. The van der Waals surface area contributed by atoms with Crippen molar-refractivity contribution in [1.29, 1.82) is 0 Å². The van der Waals surface area contributed by atoms with Crippen LogP contribution < -0.4 is 0 Å². The molecule has 1 aliphatic rings. The van der Waals surface area contributed by atoms with E-state index in [0.29, 0.717) is 8.48 Å². The molecule has 1 N–H and O–H groups in total. The Kier molecular flexibility index (Phi) is 4.72. The van der Waals surface area contributed by atoms with Crippen LogP contribution in [0.3, 0.4) is 0 Å². The van der Waals surface area contributed by atoms with Crippen LogP contribution in [-0.2, 0) is 11.3 Å². The molecule has 1 fully saturated rings. The van der Waals surface area contributed by atoms with Gasteiger partial charge in [0.15, 0.2) is 0 Å². The van der Waals surface area contributed by atoms with Gasteiger partial charge >= 0.3 is 0 Å². The van der Waals surface area contributed by atoms with E-state index in [0.717, 1.165) is 22.9 Å². The fourth-order valence-corrected chi connectivity index (χ4v) is 3.54. The maximum Gasteiger partial charge on any atom is 0.293 e. The Bertz CT molecular complexity index is 805. The summed E-state index contributed by atoms with van der Waals surface area (Å²) in [6.45, 7) is 0.274. The number of carbonyl (C=O) groups is 2. The van der Waals surface area contributed by atoms with Crippen molar-refractivity contribution in [2.75, 3.05) is 0 Å². The fraction of sp³-hybridized carbons (Fsp3) is 0.0588. The van der Waals surface area contributed by atoms with Gasteiger partial charge in [0.05, 0.1) is 15.0 Å². The molecule has 0 atom stereocenters. The summed E-state index contributed by atoms with van der Waals surface area (Å²) in [6.07, 6.45) is 1.68. The summed E-state index contributed by atoms with van der Waals surface area (Å²) in [7, 11) is 0. The zero-order chi connectivity index (χ0) is 16.4. The minimum Gasteiger partial charge on any atom is -0.507 e. The zero-order valence-corrected chi connectivity index (χ0v) is 14.9. The molecule has 1 aliphatic heterocycles. The Morgan fingerprint density at radius 2 is 1.87 bits per heavy atom. The van der Waals surface area contributed by atoms with Crippen LogP contribution in [0, 0.1) is 3.57 Å². The van der Waals surface area contributed by atoms with Crippen molar-refractivity contribution >= 4 is 51.6 Å². The SMILES string of the molecule is O=C1SC(=Cc2ccc(O)c(I)c2)C(=O)N1Cc1ccccc1. The number of imide groups is 1. The number of halogens is 1. The lowest BCUT2D eigenvalue weighted by atomic mass is 10.2. The van der Waals surface area contributed by atoms with Gasteiger partial charge in [0.25, 0.3) is 11.1 Å². The second-order valence-corrected chi connectivity index (χ2v) is 7.12. The van der Waals surface area contributed by atoms with Crippen molar-refractivity contribution in [2.45, 2.75) is 6.54 Å². The molecule has 0 radical (unpaired) electrons. The summed E-state index contributed by atoms with van der Waals surface area (Å²) in [6, 6.07) is 14.5. The number of amides is 2. The molecular weight excluding hydrogens is 425 g/mol. The molecule has 2 aromatic rings. The molecule has 116 valence electrons. The van der Waals surface area contributed by atoms with E-state index in [9.17, 15) is 14.7 Å². The van der Waals surface area contributed by atoms with E-state index in [1.54, 1.807) is 24.3 Å². The van der Waals surface area contributed by atoms with Crippen molar-refractivity contribution < 1.29 is 14.7 Å². The Hall–Kier alpha value is -1.80. The number of nitrogens with zero attached hydrogens (tertiary/aromatic N) is 1. The van der Waals surface area contributed by atoms with Crippen LogP contribution in [0.2, 0.25) is 0 Å². The summed E-state index contributed by atoms with van der Waals surface area (Å²) in [5, 5.41) is 9.28. The molecule has 0 saturated carbocycles. The predicted octanol–water partition coefficient (Wildman–Crippen LogP) is 4.23. The van der Waals surface area contributed by atoms with Gasteiger partial charge in [0, 0.05) is 0 Å². The van der Waals surface area contributed by atoms with Gasteiger partial charge in [-0.1, -0.05) is 36.4 Å². The zero-order valence-electron chi connectivity index (χ0n) is 11.9. The van der Waals surface area contributed by atoms with Gasteiger partial charge in [-0.25, -0.2) is 0 Å². The maximum absolute atomic E-state index is 12.4. The maximum atomic E-state index is 12.4. The molecule has 1 heterocycles. The van der Waals surface area contributed by atoms with Crippen LogP contribution in [0.4, 0.5) is 4.79 Å². The lowest BCUT2D eigenvalue weighted by Gasteiger charge is -2.12.